The zero-order valence-corrected chi connectivity index (χ0v) is 10.4. The highest BCUT2D eigenvalue weighted by molar-refractivity contribution is 7.12. The second kappa shape index (κ2) is 5.66. The Morgan fingerprint density at radius 1 is 1.12 bits per heavy atom. The molecule has 0 atom stereocenters. The zero-order chi connectivity index (χ0) is 12.1. The highest BCUT2D eigenvalue weighted by atomic mass is 32.1. The molecule has 0 radical (unpaired) electrons. The molecule has 3 heteroatoms. The van der Waals surface area contributed by atoms with Gasteiger partial charge in [0.1, 0.15) is 5.75 Å². The van der Waals surface area contributed by atoms with Gasteiger partial charge in [0.25, 0.3) is 0 Å². The van der Waals surface area contributed by atoms with Crippen LogP contribution in [0.15, 0.2) is 36.4 Å². The van der Waals surface area contributed by atoms with Gasteiger partial charge < -0.3 is 9.84 Å². The second-order valence-corrected chi connectivity index (χ2v) is 4.77. The molecule has 0 spiro atoms. The summed E-state index contributed by atoms with van der Waals surface area (Å²) in [7, 11) is 1.66. The Labute approximate surface area is 105 Å². The van der Waals surface area contributed by atoms with Crippen LogP contribution in [0.4, 0.5) is 0 Å². The number of aliphatic hydroxyl groups excluding tert-OH is 1. The molecule has 88 valence electrons. The molecule has 0 aliphatic rings. The van der Waals surface area contributed by atoms with Crippen molar-refractivity contribution in [3.05, 3.63) is 51.7 Å². The minimum absolute atomic E-state index is 0.112. The molecular weight excluding hydrogens is 232 g/mol. The number of hydrogen-bond donors (Lipinski definition) is 1. The summed E-state index contributed by atoms with van der Waals surface area (Å²) in [6, 6.07) is 11.8. The molecule has 0 unspecified atom stereocenters. The predicted octanol–water partition coefficient (Wildman–Crippen LogP) is 3.42. The summed E-state index contributed by atoms with van der Waals surface area (Å²) in [5.41, 5.74) is 1.13. The molecule has 0 saturated carbocycles. The van der Waals surface area contributed by atoms with E-state index < -0.39 is 0 Å². The van der Waals surface area contributed by atoms with Crippen molar-refractivity contribution in [1.29, 1.82) is 0 Å². The number of benzene rings is 1. The molecule has 0 saturated heterocycles. The molecule has 0 fully saturated rings. The van der Waals surface area contributed by atoms with Gasteiger partial charge in [0, 0.05) is 9.75 Å². The number of rotatable bonds is 4. The third-order valence-corrected chi connectivity index (χ3v) is 3.43. The quantitative estimate of drug-likeness (QED) is 0.895. The summed E-state index contributed by atoms with van der Waals surface area (Å²) >= 11 is 1.60. The second-order valence-electron chi connectivity index (χ2n) is 3.57. The van der Waals surface area contributed by atoms with Gasteiger partial charge in [-0.05, 0) is 35.9 Å². The Kier molecular flexibility index (Phi) is 3.96. The summed E-state index contributed by atoms with van der Waals surface area (Å²) in [6.07, 6.45) is 4.10. The maximum Gasteiger partial charge on any atom is 0.118 e. The van der Waals surface area contributed by atoms with E-state index >= 15 is 0 Å². The molecule has 2 aromatic rings. The van der Waals surface area contributed by atoms with E-state index in [9.17, 15) is 0 Å². The van der Waals surface area contributed by atoms with E-state index in [1.807, 2.05) is 48.6 Å². The summed E-state index contributed by atoms with van der Waals surface area (Å²) in [4.78, 5) is 2.13. The number of hydrogen-bond acceptors (Lipinski definition) is 3. The van der Waals surface area contributed by atoms with E-state index in [4.69, 9.17) is 9.84 Å². The van der Waals surface area contributed by atoms with Crippen molar-refractivity contribution in [1.82, 2.24) is 0 Å². The molecule has 1 aromatic heterocycles. The first-order chi connectivity index (χ1) is 8.31. The minimum atomic E-state index is 0.112. The minimum Gasteiger partial charge on any atom is -0.497 e. The van der Waals surface area contributed by atoms with Crippen molar-refractivity contribution in [2.24, 2.45) is 0 Å². The maximum atomic E-state index is 8.97. The molecule has 0 aliphatic carbocycles. The standard InChI is InChI=1S/C14H14O2S/c1-16-12-5-2-11(3-6-12)4-7-13-8-9-14(10-15)17-13/h2-9,15H,10H2,1H3/b7-4+. The Morgan fingerprint density at radius 2 is 1.88 bits per heavy atom. The Balaban J connectivity index is 2.08. The lowest BCUT2D eigenvalue weighted by atomic mass is 10.2. The third-order valence-electron chi connectivity index (χ3n) is 2.39. The Hall–Kier alpha value is -1.58. The smallest absolute Gasteiger partial charge is 0.118 e. The van der Waals surface area contributed by atoms with Gasteiger partial charge in [-0.3, -0.25) is 0 Å². The van der Waals surface area contributed by atoms with Crippen LogP contribution in [0, 0.1) is 0 Å². The average molecular weight is 246 g/mol. The van der Waals surface area contributed by atoms with Crippen LogP contribution in [0.1, 0.15) is 15.3 Å². The van der Waals surface area contributed by atoms with Crippen LogP contribution < -0.4 is 4.74 Å². The van der Waals surface area contributed by atoms with E-state index in [1.165, 1.54) is 0 Å². The fraction of sp³-hybridized carbons (Fsp3) is 0.143. The number of aliphatic hydroxyl groups is 1. The first kappa shape index (κ1) is 11.9. The molecule has 0 bridgehead atoms. The van der Waals surface area contributed by atoms with Gasteiger partial charge in [-0.1, -0.05) is 18.2 Å². The van der Waals surface area contributed by atoms with Crippen molar-refractivity contribution in [2.75, 3.05) is 7.11 Å². The number of methoxy groups -OCH3 is 1. The molecule has 2 rings (SSSR count). The number of thiophene rings is 1. The van der Waals surface area contributed by atoms with Crippen molar-refractivity contribution in [3.8, 4) is 5.75 Å². The van der Waals surface area contributed by atoms with Crippen molar-refractivity contribution in [3.63, 3.8) is 0 Å². The van der Waals surface area contributed by atoms with Crippen LogP contribution in [0.5, 0.6) is 5.75 Å². The molecule has 1 heterocycles. The lowest BCUT2D eigenvalue weighted by molar-refractivity contribution is 0.285. The summed E-state index contributed by atoms with van der Waals surface area (Å²) < 4.78 is 5.10. The van der Waals surface area contributed by atoms with Gasteiger partial charge in [0.05, 0.1) is 13.7 Å². The van der Waals surface area contributed by atoms with Gasteiger partial charge in [-0.25, -0.2) is 0 Å². The lowest BCUT2D eigenvalue weighted by Crippen LogP contribution is -1.81. The van der Waals surface area contributed by atoms with Crippen LogP contribution in [-0.2, 0) is 6.61 Å². The zero-order valence-electron chi connectivity index (χ0n) is 9.59. The predicted molar refractivity (Wildman–Crippen MR) is 72.2 cm³/mol. The van der Waals surface area contributed by atoms with E-state index in [1.54, 1.807) is 18.4 Å². The summed E-state index contributed by atoms with van der Waals surface area (Å²) in [6.45, 7) is 0.112. The highest BCUT2D eigenvalue weighted by Crippen LogP contribution is 2.19. The molecular formula is C14H14O2S. The topological polar surface area (TPSA) is 29.5 Å². The van der Waals surface area contributed by atoms with Crippen LogP contribution in [-0.4, -0.2) is 12.2 Å². The highest BCUT2D eigenvalue weighted by Gasteiger charge is 1.95. The van der Waals surface area contributed by atoms with Gasteiger partial charge in [-0.15, -0.1) is 11.3 Å². The van der Waals surface area contributed by atoms with Gasteiger partial charge >= 0.3 is 0 Å². The first-order valence-electron chi connectivity index (χ1n) is 5.33. The van der Waals surface area contributed by atoms with Gasteiger partial charge in [0.15, 0.2) is 0 Å². The van der Waals surface area contributed by atoms with Crippen molar-refractivity contribution >= 4 is 23.5 Å². The van der Waals surface area contributed by atoms with Crippen molar-refractivity contribution < 1.29 is 9.84 Å². The van der Waals surface area contributed by atoms with Crippen LogP contribution in [0.25, 0.3) is 12.2 Å². The molecule has 17 heavy (non-hydrogen) atoms. The summed E-state index contributed by atoms with van der Waals surface area (Å²) in [5.74, 6) is 0.862. The average Bonchev–Trinajstić information content (AvgIpc) is 2.85. The Morgan fingerprint density at radius 3 is 2.47 bits per heavy atom. The van der Waals surface area contributed by atoms with Crippen LogP contribution in [0.3, 0.4) is 0 Å². The van der Waals surface area contributed by atoms with E-state index in [2.05, 4.69) is 0 Å². The van der Waals surface area contributed by atoms with E-state index in [0.717, 1.165) is 21.1 Å². The maximum absolute atomic E-state index is 8.97. The SMILES string of the molecule is COc1ccc(/C=C/c2ccc(CO)s2)cc1. The molecule has 1 aromatic carbocycles. The lowest BCUT2D eigenvalue weighted by Gasteiger charge is -1.98. The van der Waals surface area contributed by atoms with Crippen LogP contribution >= 0.6 is 11.3 Å². The summed E-state index contributed by atoms with van der Waals surface area (Å²) in [5, 5.41) is 8.97. The fourth-order valence-corrected chi connectivity index (χ4v) is 2.24. The fourth-order valence-electron chi connectivity index (χ4n) is 1.46. The van der Waals surface area contributed by atoms with Crippen molar-refractivity contribution in [2.45, 2.75) is 6.61 Å². The third kappa shape index (κ3) is 3.19. The molecule has 2 nitrogen and oxygen atoms in total. The molecule has 0 aliphatic heterocycles. The van der Waals surface area contributed by atoms with E-state index in [-0.39, 0.29) is 6.61 Å². The van der Waals surface area contributed by atoms with Crippen LogP contribution in [0.2, 0.25) is 0 Å². The molecule has 1 N–H and O–H groups in total. The molecule has 0 amide bonds. The normalized spacial score (nSPS) is 10.9. The van der Waals surface area contributed by atoms with Gasteiger partial charge in [0.2, 0.25) is 0 Å². The van der Waals surface area contributed by atoms with Gasteiger partial charge in [-0.2, -0.15) is 0 Å². The monoisotopic (exact) mass is 246 g/mol. The largest absolute Gasteiger partial charge is 0.497 e. The first-order valence-corrected chi connectivity index (χ1v) is 6.15. The Bertz CT molecular complexity index is 497. The van der Waals surface area contributed by atoms with E-state index in [0.29, 0.717) is 0 Å². The number of ether oxygens (including phenoxy) is 1.